The number of benzene rings is 1. The van der Waals surface area contributed by atoms with Crippen LogP contribution in [0.3, 0.4) is 0 Å². The van der Waals surface area contributed by atoms with Gasteiger partial charge in [0.1, 0.15) is 0 Å². The minimum Gasteiger partial charge on any atom is -0.347 e. The average molecular weight is 333 g/mol. The Hall–Kier alpha value is -3.28. The van der Waals surface area contributed by atoms with Crippen LogP contribution in [-0.4, -0.2) is 35.0 Å². The van der Waals surface area contributed by atoms with Crippen LogP contribution in [-0.2, 0) is 0 Å². The van der Waals surface area contributed by atoms with Crippen molar-refractivity contribution in [3.05, 3.63) is 83.9 Å². The van der Waals surface area contributed by atoms with Crippen LogP contribution in [0.1, 0.15) is 27.5 Å². The van der Waals surface area contributed by atoms with Crippen LogP contribution in [0.15, 0.2) is 67.3 Å². The van der Waals surface area contributed by atoms with Gasteiger partial charge < -0.3 is 10.2 Å². The third-order valence-electron chi connectivity index (χ3n) is 3.73. The zero-order chi connectivity index (χ0) is 17.6. The number of aromatic nitrogens is 3. The van der Waals surface area contributed by atoms with Gasteiger partial charge in [-0.1, -0.05) is 36.4 Å². The number of amides is 1. The molecule has 0 saturated carbocycles. The Bertz CT molecular complexity index is 780. The van der Waals surface area contributed by atoms with Crippen molar-refractivity contribution >= 4 is 11.9 Å². The Morgan fingerprint density at radius 2 is 1.64 bits per heavy atom. The highest BCUT2D eigenvalue weighted by Gasteiger charge is 2.18. The third kappa shape index (κ3) is 3.98. The van der Waals surface area contributed by atoms with Gasteiger partial charge in [0.2, 0.25) is 5.95 Å². The molecule has 6 heteroatoms. The summed E-state index contributed by atoms with van der Waals surface area (Å²) in [5.41, 5.74) is 2.30. The van der Waals surface area contributed by atoms with Gasteiger partial charge >= 0.3 is 0 Å². The van der Waals surface area contributed by atoms with Crippen LogP contribution in [0.2, 0.25) is 0 Å². The predicted octanol–water partition coefficient (Wildman–Crippen LogP) is 2.46. The van der Waals surface area contributed by atoms with E-state index >= 15 is 0 Å². The van der Waals surface area contributed by atoms with Gasteiger partial charge in [-0.15, -0.1) is 0 Å². The Kier molecular flexibility index (Phi) is 4.99. The fraction of sp³-hybridized carbons (Fsp3) is 0.158. The van der Waals surface area contributed by atoms with Crippen LogP contribution < -0.4 is 10.2 Å². The maximum absolute atomic E-state index is 12.7. The second-order valence-electron chi connectivity index (χ2n) is 5.77. The standard InChI is InChI=1S/C19H19N5O/c1-24(2)19-21-12-16(13-22-19)18(25)23-17(14-7-4-3-5-8-14)15-9-6-10-20-11-15/h3-13,17H,1-2H3,(H,23,25)/t17-/m1/s1. The molecule has 0 bridgehead atoms. The number of nitrogens with zero attached hydrogens (tertiary/aromatic N) is 4. The lowest BCUT2D eigenvalue weighted by atomic mass is 10.00. The van der Waals surface area contributed by atoms with E-state index in [0.29, 0.717) is 11.5 Å². The van der Waals surface area contributed by atoms with Crippen LogP contribution in [0.4, 0.5) is 5.95 Å². The van der Waals surface area contributed by atoms with Gasteiger partial charge in [0.05, 0.1) is 11.6 Å². The molecule has 0 fully saturated rings. The Balaban J connectivity index is 1.86. The first-order chi connectivity index (χ1) is 12.1. The summed E-state index contributed by atoms with van der Waals surface area (Å²) in [4.78, 5) is 27.0. The lowest BCUT2D eigenvalue weighted by molar-refractivity contribution is 0.0942. The summed E-state index contributed by atoms with van der Waals surface area (Å²) in [6, 6.07) is 13.3. The van der Waals surface area contributed by atoms with Crippen molar-refractivity contribution in [1.29, 1.82) is 0 Å². The van der Waals surface area contributed by atoms with E-state index < -0.39 is 0 Å². The first-order valence-electron chi connectivity index (χ1n) is 7.90. The molecule has 126 valence electrons. The average Bonchev–Trinajstić information content (AvgIpc) is 2.67. The fourth-order valence-corrected chi connectivity index (χ4v) is 2.44. The normalized spacial score (nSPS) is 11.6. The molecular weight excluding hydrogens is 314 g/mol. The van der Waals surface area contributed by atoms with Gasteiger partial charge in [-0.2, -0.15) is 0 Å². The van der Waals surface area contributed by atoms with E-state index in [1.807, 2.05) is 56.6 Å². The van der Waals surface area contributed by atoms with Crippen molar-refractivity contribution in [3.63, 3.8) is 0 Å². The summed E-state index contributed by atoms with van der Waals surface area (Å²) < 4.78 is 0. The minimum absolute atomic E-state index is 0.233. The topological polar surface area (TPSA) is 71.0 Å². The van der Waals surface area contributed by atoms with Gasteiger partial charge in [-0.3, -0.25) is 9.78 Å². The highest BCUT2D eigenvalue weighted by molar-refractivity contribution is 5.94. The van der Waals surface area contributed by atoms with E-state index in [4.69, 9.17) is 0 Å². The second kappa shape index (κ2) is 7.53. The molecule has 1 atom stereocenters. The summed E-state index contributed by atoms with van der Waals surface area (Å²) in [7, 11) is 3.70. The molecule has 3 aromatic rings. The fourth-order valence-electron chi connectivity index (χ4n) is 2.44. The molecule has 1 amide bonds. The molecule has 0 spiro atoms. The number of hydrogen-bond donors (Lipinski definition) is 1. The molecule has 3 rings (SSSR count). The number of pyridine rings is 1. The van der Waals surface area contributed by atoms with Gasteiger partial charge in [0, 0.05) is 38.9 Å². The molecule has 2 aromatic heterocycles. The quantitative estimate of drug-likeness (QED) is 0.776. The first-order valence-corrected chi connectivity index (χ1v) is 7.90. The summed E-state index contributed by atoms with van der Waals surface area (Å²) in [6.07, 6.45) is 6.52. The number of carbonyl (C=O) groups excluding carboxylic acids is 1. The molecule has 6 nitrogen and oxygen atoms in total. The van der Waals surface area contributed by atoms with Crippen molar-refractivity contribution in [1.82, 2.24) is 20.3 Å². The number of nitrogens with one attached hydrogen (secondary N) is 1. The molecule has 0 aliphatic carbocycles. The highest BCUT2D eigenvalue weighted by Crippen LogP contribution is 2.21. The molecule has 0 saturated heterocycles. The Morgan fingerprint density at radius 1 is 0.960 bits per heavy atom. The van der Waals surface area contributed by atoms with Crippen LogP contribution >= 0.6 is 0 Å². The first kappa shape index (κ1) is 16.6. The van der Waals surface area contributed by atoms with E-state index in [1.165, 1.54) is 12.4 Å². The summed E-state index contributed by atoms with van der Waals surface area (Å²) in [5.74, 6) is 0.325. The van der Waals surface area contributed by atoms with E-state index in [-0.39, 0.29) is 11.9 Å². The molecule has 1 N–H and O–H groups in total. The number of hydrogen-bond acceptors (Lipinski definition) is 5. The van der Waals surface area contributed by atoms with Crippen LogP contribution in [0, 0.1) is 0 Å². The lowest BCUT2D eigenvalue weighted by Crippen LogP contribution is -2.29. The molecule has 25 heavy (non-hydrogen) atoms. The SMILES string of the molecule is CN(C)c1ncc(C(=O)N[C@H](c2ccccc2)c2cccnc2)cn1. The van der Waals surface area contributed by atoms with Gasteiger partial charge in [0.15, 0.2) is 0 Å². The number of anilines is 1. The molecule has 2 heterocycles. The van der Waals surface area contributed by atoms with E-state index in [1.54, 1.807) is 17.3 Å². The molecule has 0 unspecified atom stereocenters. The molecular formula is C19H19N5O. The maximum atomic E-state index is 12.7. The largest absolute Gasteiger partial charge is 0.347 e. The lowest BCUT2D eigenvalue weighted by Gasteiger charge is -2.19. The number of carbonyl (C=O) groups is 1. The molecule has 1 aromatic carbocycles. The second-order valence-corrected chi connectivity index (χ2v) is 5.77. The minimum atomic E-state index is -0.295. The summed E-state index contributed by atoms with van der Waals surface area (Å²) in [5, 5.41) is 3.04. The van der Waals surface area contributed by atoms with Crippen LogP contribution in [0.5, 0.6) is 0 Å². The third-order valence-corrected chi connectivity index (χ3v) is 3.73. The monoisotopic (exact) mass is 333 g/mol. The Labute approximate surface area is 146 Å². The van der Waals surface area contributed by atoms with E-state index in [2.05, 4.69) is 20.3 Å². The summed E-state index contributed by atoms with van der Waals surface area (Å²) >= 11 is 0. The Morgan fingerprint density at radius 3 is 2.24 bits per heavy atom. The predicted molar refractivity (Wildman–Crippen MR) is 96.3 cm³/mol. The molecule has 0 radical (unpaired) electrons. The van der Waals surface area contributed by atoms with Gasteiger partial charge in [-0.25, -0.2) is 9.97 Å². The zero-order valence-electron chi connectivity index (χ0n) is 14.1. The van der Waals surface area contributed by atoms with Gasteiger partial charge in [-0.05, 0) is 17.2 Å². The summed E-state index contributed by atoms with van der Waals surface area (Å²) in [6.45, 7) is 0. The van der Waals surface area contributed by atoms with Crippen molar-refractivity contribution in [3.8, 4) is 0 Å². The van der Waals surface area contributed by atoms with Crippen molar-refractivity contribution in [2.45, 2.75) is 6.04 Å². The van der Waals surface area contributed by atoms with Gasteiger partial charge in [0.25, 0.3) is 5.91 Å². The van der Waals surface area contributed by atoms with Crippen LogP contribution in [0.25, 0.3) is 0 Å². The van der Waals surface area contributed by atoms with E-state index in [9.17, 15) is 4.79 Å². The molecule has 0 aliphatic heterocycles. The molecule has 0 aliphatic rings. The van der Waals surface area contributed by atoms with Crippen molar-refractivity contribution in [2.75, 3.05) is 19.0 Å². The van der Waals surface area contributed by atoms with Crippen molar-refractivity contribution < 1.29 is 4.79 Å². The smallest absolute Gasteiger partial charge is 0.255 e. The zero-order valence-corrected chi connectivity index (χ0v) is 14.1. The highest BCUT2D eigenvalue weighted by atomic mass is 16.1. The van der Waals surface area contributed by atoms with Crippen molar-refractivity contribution in [2.24, 2.45) is 0 Å². The number of rotatable bonds is 5. The maximum Gasteiger partial charge on any atom is 0.255 e. The van der Waals surface area contributed by atoms with E-state index in [0.717, 1.165) is 11.1 Å².